The lowest BCUT2D eigenvalue weighted by atomic mass is 9.97. The average Bonchev–Trinajstić information content (AvgIpc) is 1.99. The third kappa shape index (κ3) is 5.42. The van der Waals surface area contributed by atoms with Crippen LogP contribution in [0.15, 0.2) is 12.7 Å². The SMILES string of the molecule is C=CCC(O)COC(=O)C(C)(C)C. The van der Waals surface area contributed by atoms with Crippen molar-refractivity contribution in [1.82, 2.24) is 0 Å². The molecule has 0 saturated carbocycles. The normalized spacial score (nSPS) is 13.5. The fraction of sp³-hybridized carbons (Fsp3) is 0.700. The van der Waals surface area contributed by atoms with Crippen molar-refractivity contribution in [2.45, 2.75) is 33.3 Å². The van der Waals surface area contributed by atoms with E-state index >= 15 is 0 Å². The van der Waals surface area contributed by atoms with Gasteiger partial charge in [0.15, 0.2) is 0 Å². The summed E-state index contributed by atoms with van der Waals surface area (Å²) in [5.74, 6) is -0.296. The van der Waals surface area contributed by atoms with Gasteiger partial charge in [-0.1, -0.05) is 6.08 Å². The first-order valence-corrected chi connectivity index (χ1v) is 4.34. The minimum atomic E-state index is -0.635. The lowest BCUT2D eigenvalue weighted by Gasteiger charge is -2.17. The summed E-state index contributed by atoms with van der Waals surface area (Å²) >= 11 is 0. The molecule has 0 radical (unpaired) electrons. The van der Waals surface area contributed by atoms with Crippen LogP contribution in [0.5, 0.6) is 0 Å². The first-order valence-electron chi connectivity index (χ1n) is 4.34. The minimum absolute atomic E-state index is 0.0438. The van der Waals surface area contributed by atoms with Crippen LogP contribution >= 0.6 is 0 Å². The summed E-state index contributed by atoms with van der Waals surface area (Å²) in [4.78, 5) is 11.2. The van der Waals surface area contributed by atoms with Gasteiger partial charge in [0.2, 0.25) is 0 Å². The van der Waals surface area contributed by atoms with E-state index in [1.165, 1.54) is 0 Å². The maximum Gasteiger partial charge on any atom is 0.311 e. The van der Waals surface area contributed by atoms with Crippen molar-refractivity contribution in [3.63, 3.8) is 0 Å². The van der Waals surface area contributed by atoms with Crippen molar-refractivity contribution in [2.75, 3.05) is 6.61 Å². The topological polar surface area (TPSA) is 46.5 Å². The number of carbonyl (C=O) groups is 1. The molecule has 3 heteroatoms. The molecule has 13 heavy (non-hydrogen) atoms. The maximum absolute atomic E-state index is 11.2. The molecule has 0 aliphatic carbocycles. The smallest absolute Gasteiger partial charge is 0.311 e. The highest BCUT2D eigenvalue weighted by Crippen LogP contribution is 2.15. The van der Waals surface area contributed by atoms with Gasteiger partial charge >= 0.3 is 5.97 Å². The predicted molar refractivity (Wildman–Crippen MR) is 51.2 cm³/mol. The molecule has 1 N–H and O–H groups in total. The second kappa shape index (κ2) is 5.02. The summed E-state index contributed by atoms with van der Waals surface area (Å²) in [6.45, 7) is 8.84. The van der Waals surface area contributed by atoms with E-state index in [4.69, 9.17) is 4.74 Å². The number of hydrogen-bond donors (Lipinski definition) is 1. The summed E-state index contributed by atoms with van der Waals surface area (Å²) in [6, 6.07) is 0. The Morgan fingerprint density at radius 3 is 2.54 bits per heavy atom. The van der Waals surface area contributed by atoms with E-state index in [0.29, 0.717) is 6.42 Å². The largest absolute Gasteiger partial charge is 0.463 e. The van der Waals surface area contributed by atoms with Crippen LogP contribution < -0.4 is 0 Å². The second-order valence-corrected chi connectivity index (χ2v) is 4.03. The number of carbonyl (C=O) groups excluding carboxylic acids is 1. The van der Waals surface area contributed by atoms with Crippen molar-refractivity contribution >= 4 is 5.97 Å². The summed E-state index contributed by atoms with van der Waals surface area (Å²) < 4.78 is 4.88. The maximum atomic E-state index is 11.2. The number of esters is 1. The van der Waals surface area contributed by atoms with Crippen LogP contribution in [0.25, 0.3) is 0 Å². The van der Waals surface area contributed by atoms with Gasteiger partial charge < -0.3 is 9.84 Å². The number of aliphatic hydroxyl groups excluding tert-OH is 1. The highest BCUT2D eigenvalue weighted by atomic mass is 16.5. The van der Waals surface area contributed by atoms with Gasteiger partial charge in [0.25, 0.3) is 0 Å². The number of aliphatic hydroxyl groups is 1. The molecule has 0 aromatic heterocycles. The Kier molecular flexibility index (Phi) is 4.70. The molecule has 0 aliphatic heterocycles. The van der Waals surface area contributed by atoms with E-state index in [-0.39, 0.29) is 12.6 Å². The molecule has 0 rings (SSSR count). The zero-order valence-electron chi connectivity index (χ0n) is 8.54. The zero-order chi connectivity index (χ0) is 10.5. The fourth-order valence-electron chi connectivity index (χ4n) is 0.649. The van der Waals surface area contributed by atoms with Crippen LogP contribution in [0, 0.1) is 5.41 Å². The Bertz CT molecular complexity index is 179. The summed E-state index contributed by atoms with van der Waals surface area (Å²) in [6.07, 6.45) is 1.40. The molecular formula is C10H18O3. The van der Waals surface area contributed by atoms with Crippen LogP contribution in [0.2, 0.25) is 0 Å². The van der Waals surface area contributed by atoms with Crippen molar-refractivity contribution in [3.8, 4) is 0 Å². The van der Waals surface area contributed by atoms with E-state index in [1.54, 1.807) is 26.8 Å². The molecule has 0 fully saturated rings. The monoisotopic (exact) mass is 186 g/mol. The Balaban J connectivity index is 3.76. The summed E-state index contributed by atoms with van der Waals surface area (Å²) in [5, 5.41) is 9.22. The molecule has 0 saturated heterocycles. The third-order valence-electron chi connectivity index (χ3n) is 1.46. The van der Waals surface area contributed by atoms with E-state index < -0.39 is 11.5 Å². The van der Waals surface area contributed by atoms with Crippen molar-refractivity contribution in [3.05, 3.63) is 12.7 Å². The Labute approximate surface area is 79.4 Å². The molecule has 0 aromatic carbocycles. The average molecular weight is 186 g/mol. The number of ether oxygens (including phenoxy) is 1. The van der Waals surface area contributed by atoms with Gasteiger partial charge in [-0.15, -0.1) is 6.58 Å². The van der Waals surface area contributed by atoms with Gasteiger partial charge in [-0.05, 0) is 27.2 Å². The fourth-order valence-corrected chi connectivity index (χ4v) is 0.649. The number of hydrogen-bond acceptors (Lipinski definition) is 3. The van der Waals surface area contributed by atoms with Gasteiger partial charge in [0, 0.05) is 0 Å². The molecule has 0 bridgehead atoms. The highest BCUT2D eigenvalue weighted by molar-refractivity contribution is 5.75. The van der Waals surface area contributed by atoms with Crippen molar-refractivity contribution in [2.24, 2.45) is 5.41 Å². The van der Waals surface area contributed by atoms with Gasteiger partial charge in [-0.3, -0.25) is 4.79 Å². The summed E-state index contributed by atoms with van der Waals surface area (Å²) in [7, 11) is 0. The Morgan fingerprint density at radius 1 is 1.62 bits per heavy atom. The quantitative estimate of drug-likeness (QED) is 0.534. The number of rotatable bonds is 4. The molecule has 0 heterocycles. The first-order chi connectivity index (χ1) is 5.88. The van der Waals surface area contributed by atoms with Gasteiger partial charge in [-0.25, -0.2) is 0 Å². The molecule has 3 nitrogen and oxygen atoms in total. The third-order valence-corrected chi connectivity index (χ3v) is 1.46. The van der Waals surface area contributed by atoms with Crippen LogP contribution in [0.3, 0.4) is 0 Å². The molecule has 1 atom stereocenters. The minimum Gasteiger partial charge on any atom is -0.463 e. The van der Waals surface area contributed by atoms with E-state index in [1.807, 2.05) is 0 Å². The second-order valence-electron chi connectivity index (χ2n) is 4.03. The van der Waals surface area contributed by atoms with Gasteiger partial charge in [0.1, 0.15) is 6.61 Å². The van der Waals surface area contributed by atoms with Gasteiger partial charge in [0.05, 0.1) is 11.5 Å². The molecular weight excluding hydrogens is 168 g/mol. The van der Waals surface area contributed by atoms with Crippen molar-refractivity contribution in [1.29, 1.82) is 0 Å². The van der Waals surface area contributed by atoms with Crippen LogP contribution in [-0.4, -0.2) is 23.8 Å². The molecule has 0 aliphatic rings. The van der Waals surface area contributed by atoms with E-state index in [0.717, 1.165) is 0 Å². The van der Waals surface area contributed by atoms with Crippen LogP contribution in [-0.2, 0) is 9.53 Å². The molecule has 76 valence electrons. The summed E-state index contributed by atoms with van der Waals surface area (Å²) in [5.41, 5.74) is -0.506. The van der Waals surface area contributed by atoms with E-state index in [9.17, 15) is 9.90 Å². The lowest BCUT2D eigenvalue weighted by molar-refractivity contribution is -0.155. The zero-order valence-corrected chi connectivity index (χ0v) is 8.54. The van der Waals surface area contributed by atoms with Crippen LogP contribution in [0.1, 0.15) is 27.2 Å². The van der Waals surface area contributed by atoms with E-state index in [2.05, 4.69) is 6.58 Å². The predicted octanol–water partition coefficient (Wildman–Crippen LogP) is 1.51. The molecule has 0 amide bonds. The lowest BCUT2D eigenvalue weighted by Crippen LogP contribution is -2.27. The molecule has 0 spiro atoms. The molecule has 1 unspecified atom stereocenters. The Morgan fingerprint density at radius 2 is 2.15 bits per heavy atom. The van der Waals surface area contributed by atoms with Crippen molar-refractivity contribution < 1.29 is 14.6 Å². The van der Waals surface area contributed by atoms with Crippen LogP contribution in [0.4, 0.5) is 0 Å². The van der Waals surface area contributed by atoms with Gasteiger partial charge in [-0.2, -0.15) is 0 Å². The Hall–Kier alpha value is -0.830. The first kappa shape index (κ1) is 12.2. The standard InChI is InChI=1S/C10H18O3/c1-5-6-8(11)7-13-9(12)10(2,3)4/h5,8,11H,1,6-7H2,2-4H3. The molecule has 0 aromatic rings. The highest BCUT2D eigenvalue weighted by Gasteiger charge is 2.23.